The molecule has 6 heteroatoms. The zero-order valence-corrected chi connectivity index (χ0v) is 15.1. The quantitative estimate of drug-likeness (QED) is 0.629. The van der Waals surface area contributed by atoms with E-state index < -0.39 is 0 Å². The maximum absolute atomic E-state index is 5.58. The number of rotatable bonds is 6. The lowest BCUT2D eigenvalue weighted by Gasteiger charge is -2.10. The fraction of sp³-hybridized carbons (Fsp3) is 0.444. The molecule has 0 spiro atoms. The number of methoxy groups -OCH3 is 1. The van der Waals surface area contributed by atoms with Crippen molar-refractivity contribution < 1.29 is 9.15 Å². The van der Waals surface area contributed by atoms with Crippen molar-refractivity contribution in [2.45, 2.75) is 40.8 Å². The summed E-state index contributed by atoms with van der Waals surface area (Å²) in [5.41, 5.74) is 3.13. The highest BCUT2D eigenvalue weighted by molar-refractivity contribution is 5.79. The van der Waals surface area contributed by atoms with Crippen LogP contribution in [0.3, 0.4) is 0 Å². The molecule has 0 radical (unpaired) electrons. The van der Waals surface area contributed by atoms with E-state index in [-0.39, 0.29) is 0 Å². The van der Waals surface area contributed by atoms with Gasteiger partial charge in [0.15, 0.2) is 5.96 Å². The van der Waals surface area contributed by atoms with Gasteiger partial charge in [-0.3, -0.25) is 0 Å². The maximum Gasteiger partial charge on any atom is 0.214 e. The molecule has 0 saturated heterocycles. The van der Waals surface area contributed by atoms with Gasteiger partial charge in [0.2, 0.25) is 5.89 Å². The van der Waals surface area contributed by atoms with Gasteiger partial charge in [-0.25, -0.2) is 9.98 Å². The van der Waals surface area contributed by atoms with Crippen LogP contribution in [0.5, 0.6) is 5.75 Å². The first-order chi connectivity index (χ1) is 11.5. The van der Waals surface area contributed by atoms with Gasteiger partial charge in [-0.2, -0.15) is 0 Å². The fourth-order valence-electron chi connectivity index (χ4n) is 2.25. The third-order valence-electron chi connectivity index (χ3n) is 3.72. The van der Waals surface area contributed by atoms with E-state index in [1.165, 1.54) is 0 Å². The van der Waals surface area contributed by atoms with E-state index in [0.717, 1.165) is 40.8 Å². The Balaban J connectivity index is 2.02. The minimum absolute atomic E-state index is 0.498. The number of hydrogen-bond acceptors (Lipinski definition) is 4. The number of hydrogen-bond donors (Lipinski definition) is 2. The summed E-state index contributed by atoms with van der Waals surface area (Å²) in [5.74, 6) is 3.12. The first kappa shape index (κ1) is 17.8. The van der Waals surface area contributed by atoms with Gasteiger partial charge in [-0.1, -0.05) is 12.1 Å². The van der Waals surface area contributed by atoms with Crippen molar-refractivity contribution in [1.29, 1.82) is 0 Å². The molecule has 2 rings (SSSR count). The predicted molar refractivity (Wildman–Crippen MR) is 95.4 cm³/mol. The monoisotopic (exact) mass is 330 g/mol. The van der Waals surface area contributed by atoms with Crippen LogP contribution in [0.4, 0.5) is 0 Å². The van der Waals surface area contributed by atoms with E-state index in [2.05, 4.69) is 26.7 Å². The summed E-state index contributed by atoms with van der Waals surface area (Å²) < 4.78 is 10.9. The number of guanidine groups is 1. The number of nitrogens with zero attached hydrogens (tertiary/aromatic N) is 2. The maximum atomic E-state index is 5.58. The largest absolute Gasteiger partial charge is 0.496 e. The predicted octanol–water partition coefficient (Wildman–Crippen LogP) is 2.86. The molecular formula is C18H26N4O2. The van der Waals surface area contributed by atoms with Gasteiger partial charge in [0.05, 0.1) is 25.9 Å². The van der Waals surface area contributed by atoms with E-state index in [4.69, 9.17) is 9.15 Å². The van der Waals surface area contributed by atoms with Crippen molar-refractivity contribution in [3.8, 4) is 5.75 Å². The molecule has 0 saturated carbocycles. The van der Waals surface area contributed by atoms with Gasteiger partial charge in [0.25, 0.3) is 0 Å². The summed E-state index contributed by atoms with van der Waals surface area (Å²) in [7, 11) is 1.68. The van der Waals surface area contributed by atoms with Crippen LogP contribution in [0, 0.1) is 20.8 Å². The van der Waals surface area contributed by atoms with Gasteiger partial charge in [0, 0.05) is 6.54 Å². The van der Waals surface area contributed by atoms with Crippen molar-refractivity contribution in [1.82, 2.24) is 15.6 Å². The molecular weight excluding hydrogens is 304 g/mol. The molecule has 0 aliphatic carbocycles. The first-order valence-electron chi connectivity index (χ1n) is 8.12. The van der Waals surface area contributed by atoms with Crippen molar-refractivity contribution >= 4 is 5.96 Å². The van der Waals surface area contributed by atoms with E-state index in [1.807, 2.05) is 39.8 Å². The SMILES string of the molecule is CCNC(=NCc1ccc(C)c(OC)c1)NCc1nc(C)c(C)o1. The Bertz CT molecular complexity index is 688. The fourth-order valence-corrected chi connectivity index (χ4v) is 2.25. The molecule has 0 aliphatic heterocycles. The molecule has 0 unspecified atom stereocenters. The first-order valence-corrected chi connectivity index (χ1v) is 8.12. The summed E-state index contributed by atoms with van der Waals surface area (Å²) in [6.45, 7) is 9.76. The summed E-state index contributed by atoms with van der Waals surface area (Å²) in [5, 5.41) is 6.46. The third-order valence-corrected chi connectivity index (χ3v) is 3.72. The molecule has 24 heavy (non-hydrogen) atoms. The Kier molecular flexibility index (Phi) is 6.23. The van der Waals surface area contributed by atoms with Gasteiger partial charge >= 0.3 is 0 Å². The molecule has 1 aromatic carbocycles. The van der Waals surface area contributed by atoms with Gasteiger partial charge in [-0.15, -0.1) is 0 Å². The topological polar surface area (TPSA) is 71.7 Å². The molecule has 0 atom stereocenters. The lowest BCUT2D eigenvalue weighted by molar-refractivity contribution is 0.411. The number of benzene rings is 1. The van der Waals surface area contributed by atoms with Crippen molar-refractivity contribution in [3.63, 3.8) is 0 Å². The number of nitrogens with one attached hydrogen (secondary N) is 2. The Labute approximate surface area is 143 Å². The molecule has 1 aromatic heterocycles. The molecule has 0 fully saturated rings. The summed E-state index contributed by atoms with van der Waals surface area (Å²) in [6.07, 6.45) is 0. The number of aromatic nitrogens is 1. The van der Waals surface area contributed by atoms with E-state index in [9.17, 15) is 0 Å². The Morgan fingerprint density at radius 1 is 1.25 bits per heavy atom. The van der Waals surface area contributed by atoms with Gasteiger partial charge in [0.1, 0.15) is 11.5 Å². The van der Waals surface area contributed by atoms with Crippen LogP contribution in [0.25, 0.3) is 0 Å². The second kappa shape index (κ2) is 8.38. The number of aliphatic imine (C=N–C) groups is 1. The Morgan fingerprint density at radius 2 is 2.04 bits per heavy atom. The lowest BCUT2D eigenvalue weighted by atomic mass is 10.1. The van der Waals surface area contributed by atoms with Crippen LogP contribution < -0.4 is 15.4 Å². The Morgan fingerprint density at radius 3 is 2.67 bits per heavy atom. The van der Waals surface area contributed by atoms with Gasteiger partial charge in [-0.05, 0) is 44.9 Å². The van der Waals surface area contributed by atoms with Crippen LogP contribution >= 0.6 is 0 Å². The summed E-state index contributed by atoms with van der Waals surface area (Å²) in [6, 6.07) is 6.12. The average Bonchev–Trinajstić information content (AvgIpc) is 2.89. The van der Waals surface area contributed by atoms with Gasteiger partial charge < -0.3 is 19.8 Å². The summed E-state index contributed by atoms with van der Waals surface area (Å²) in [4.78, 5) is 8.97. The summed E-state index contributed by atoms with van der Waals surface area (Å²) >= 11 is 0. The zero-order valence-electron chi connectivity index (χ0n) is 15.1. The lowest BCUT2D eigenvalue weighted by Crippen LogP contribution is -2.36. The molecule has 2 aromatic rings. The third kappa shape index (κ3) is 4.75. The second-order valence-corrected chi connectivity index (χ2v) is 5.60. The van der Waals surface area contributed by atoms with Crippen molar-refractivity contribution in [3.05, 3.63) is 46.7 Å². The highest BCUT2D eigenvalue weighted by Crippen LogP contribution is 2.19. The minimum atomic E-state index is 0.498. The van der Waals surface area contributed by atoms with Crippen LogP contribution in [-0.2, 0) is 13.1 Å². The smallest absolute Gasteiger partial charge is 0.214 e. The van der Waals surface area contributed by atoms with E-state index in [1.54, 1.807) is 7.11 Å². The molecule has 0 bridgehead atoms. The highest BCUT2D eigenvalue weighted by Gasteiger charge is 2.06. The minimum Gasteiger partial charge on any atom is -0.496 e. The van der Waals surface area contributed by atoms with Crippen molar-refractivity contribution in [2.75, 3.05) is 13.7 Å². The van der Waals surface area contributed by atoms with Crippen LogP contribution in [-0.4, -0.2) is 24.6 Å². The highest BCUT2D eigenvalue weighted by atomic mass is 16.5. The average molecular weight is 330 g/mol. The molecule has 0 aliphatic rings. The van der Waals surface area contributed by atoms with Crippen molar-refractivity contribution in [2.24, 2.45) is 4.99 Å². The van der Waals surface area contributed by atoms with E-state index in [0.29, 0.717) is 19.0 Å². The number of ether oxygens (including phenoxy) is 1. The Hall–Kier alpha value is -2.50. The van der Waals surface area contributed by atoms with Crippen LogP contribution in [0.2, 0.25) is 0 Å². The van der Waals surface area contributed by atoms with Crippen LogP contribution in [0.15, 0.2) is 27.6 Å². The number of aryl methyl sites for hydroxylation is 3. The van der Waals surface area contributed by atoms with Crippen LogP contribution in [0.1, 0.15) is 35.4 Å². The second-order valence-electron chi connectivity index (χ2n) is 5.60. The molecule has 2 N–H and O–H groups in total. The van der Waals surface area contributed by atoms with E-state index >= 15 is 0 Å². The zero-order chi connectivity index (χ0) is 17.5. The number of oxazole rings is 1. The normalized spacial score (nSPS) is 11.5. The molecule has 130 valence electrons. The standard InChI is InChI=1S/C18H26N4O2/c1-6-19-18(21-11-17-22-13(3)14(4)24-17)20-10-15-8-7-12(2)16(9-15)23-5/h7-9H,6,10-11H2,1-5H3,(H2,19,20,21). The molecule has 0 amide bonds. The molecule has 1 heterocycles. The molecule has 6 nitrogen and oxygen atoms in total.